The molecule has 59 heavy (non-hydrogen) atoms. The van der Waals surface area contributed by atoms with E-state index in [1.807, 2.05) is 56.3 Å². The van der Waals surface area contributed by atoms with Crippen LogP contribution in [0.25, 0.3) is 21.1 Å². The molecule has 4 aliphatic carbocycles. The first-order valence-electron chi connectivity index (χ1n) is 21.2. The van der Waals surface area contributed by atoms with Gasteiger partial charge < -0.3 is 14.2 Å². The summed E-state index contributed by atoms with van der Waals surface area (Å²) in [6.45, 7) is 11.1. The number of methoxy groups -OCH3 is 1. The predicted molar refractivity (Wildman–Crippen MR) is 229 cm³/mol. The fraction of sp³-hybridized carbons (Fsp3) is 0.578. The summed E-state index contributed by atoms with van der Waals surface area (Å²) in [5.41, 5.74) is 3.93. The van der Waals surface area contributed by atoms with E-state index in [0.717, 1.165) is 90.1 Å². The van der Waals surface area contributed by atoms with Crippen molar-refractivity contribution >= 4 is 51.1 Å². The lowest BCUT2D eigenvalue weighted by atomic mass is 9.43. The fourth-order valence-corrected chi connectivity index (χ4v) is 13.4. The highest BCUT2D eigenvalue weighted by molar-refractivity contribution is 7.19. The second-order valence-electron chi connectivity index (χ2n) is 18.0. The van der Waals surface area contributed by atoms with Gasteiger partial charge in [0, 0.05) is 23.0 Å². The summed E-state index contributed by atoms with van der Waals surface area (Å²) in [5.74, 6) is 1.98. The average molecular weight is 841 g/mol. The first kappa shape index (κ1) is 41.3. The number of anilines is 2. The van der Waals surface area contributed by atoms with E-state index in [4.69, 9.17) is 14.2 Å². The van der Waals surface area contributed by atoms with Crippen LogP contribution in [0.3, 0.4) is 0 Å². The Hall–Kier alpha value is -4.43. The van der Waals surface area contributed by atoms with Crippen LogP contribution in [0.1, 0.15) is 96.1 Å². The largest absolute Gasteiger partial charge is 0.469 e. The van der Waals surface area contributed by atoms with Crippen LogP contribution in [0.15, 0.2) is 48.5 Å². The molecule has 0 radical (unpaired) electrons. The number of benzene rings is 2. The van der Waals surface area contributed by atoms with Crippen molar-refractivity contribution in [3.8, 4) is 21.1 Å². The maximum Gasteiger partial charge on any atom is 0.413 e. The number of carbonyl (C=O) groups is 3. The van der Waals surface area contributed by atoms with Crippen LogP contribution in [0.4, 0.5) is 19.9 Å². The third kappa shape index (κ3) is 8.36. The molecule has 12 nitrogen and oxygen atoms in total. The smallest absolute Gasteiger partial charge is 0.413 e. The molecule has 0 aliphatic heterocycles. The fourth-order valence-electron chi connectivity index (χ4n) is 11.9. The van der Waals surface area contributed by atoms with Gasteiger partial charge in [0.1, 0.15) is 22.2 Å². The van der Waals surface area contributed by atoms with Crippen molar-refractivity contribution in [2.45, 2.75) is 111 Å². The zero-order valence-electron chi connectivity index (χ0n) is 34.9. The molecule has 2 aromatic heterocycles. The minimum absolute atomic E-state index is 0.0111. The molecule has 314 valence electrons. The average Bonchev–Trinajstić information content (AvgIpc) is 3.97. The van der Waals surface area contributed by atoms with Crippen LogP contribution in [0.2, 0.25) is 0 Å². The molecule has 2 N–H and O–H groups in total. The highest BCUT2D eigenvalue weighted by Crippen LogP contribution is 2.69. The third-order valence-electron chi connectivity index (χ3n) is 14.8. The zero-order chi connectivity index (χ0) is 41.5. The molecule has 0 spiro atoms. The minimum Gasteiger partial charge on any atom is -0.469 e. The predicted octanol–water partition coefficient (Wildman–Crippen LogP) is 10.7. The molecule has 2 amide bonds. The molecule has 0 unspecified atom stereocenters. The van der Waals surface area contributed by atoms with Crippen molar-refractivity contribution in [1.29, 1.82) is 0 Å². The molecular formula is C45H56N6O6S2. The van der Waals surface area contributed by atoms with Gasteiger partial charge in [-0.25, -0.2) is 9.59 Å². The molecule has 8 rings (SSSR count). The van der Waals surface area contributed by atoms with E-state index in [2.05, 4.69) is 57.9 Å². The normalized spacial score (nSPS) is 30.2. The van der Waals surface area contributed by atoms with Gasteiger partial charge in [-0.15, -0.1) is 20.4 Å². The standard InChI is InChI=1S/C45H56N6O6S2/c1-25-9-7-11-28(21-25)38-48-50-40(58-38)46-42(53)56-31-19-20-44(4)30(23-31)14-15-32-34-17-16-33(27(3)13-18-37(52)55-6)45(34,5)36(24-35(32)44)57-43(54)47-41-51-49-39(59-41)29-12-8-10-26(2)22-29/h7-12,21-22,27,30-36H,13-20,23-24H2,1-6H3,(H,46,50,53)(H,47,51,54)/t27-,30-,31-,32+,33-,34+,35+,36+,44+,45-/m1/s1. The van der Waals surface area contributed by atoms with Crippen LogP contribution in [-0.2, 0) is 19.0 Å². The molecule has 10 atom stereocenters. The Labute approximate surface area is 354 Å². The van der Waals surface area contributed by atoms with Gasteiger partial charge in [-0.3, -0.25) is 15.4 Å². The number of aromatic nitrogens is 4. The number of nitrogens with one attached hydrogen (secondary N) is 2. The molecular weight excluding hydrogens is 785 g/mol. The zero-order valence-corrected chi connectivity index (χ0v) is 36.5. The number of rotatable bonds is 10. The topological polar surface area (TPSA) is 155 Å². The minimum atomic E-state index is -0.504. The van der Waals surface area contributed by atoms with E-state index in [1.54, 1.807) is 0 Å². The van der Waals surface area contributed by atoms with E-state index in [1.165, 1.54) is 29.8 Å². The van der Waals surface area contributed by atoms with Crippen LogP contribution in [-0.4, -0.2) is 57.9 Å². The summed E-state index contributed by atoms with van der Waals surface area (Å²) in [7, 11) is 1.44. The van der Waals surface area contributed by atoms with Crippen LogP contribution in [0, 0.1) is 60.2 Å². The van der Waals surface area contributed by atoms with Gasteiger partial charge in [0.15, 0.2) is 0 Å². The highest BCUT2D eigenvalue weighted by atomic mass is 32.1. The lowest BCUT2D eigenvalue weighted by molar-refractivity contribution is -0.174. The van der Waals surface area contributed by atoms with Gasteiger partial charge in [0.05, 0.1) is 7.11 Å². The molecule has 0 saturated heterocycles. The van der Waals surface area contributed by atoms with E-state index in [0.29, 0.717) is 46.3 Å². The quantitative estimate of drug-likeness (QED) is 0.116. The van der Waals surface area contributed by atoms with Gasteiger partial charge in [-0.2, -0.15) is 0 Å². The summed E-state index contributed by atoms with van der Waals surface area (Å²) < 4.78 is 17.7. The Bertz CT molecular complexity index is 2180. The summed E-state index contributed by atoms with van der Waals surface area (Å²) >= 11 is 2.67. The Morgan fingerprint density at radius 3 is 2.03 bits per heavy atom. The Morgan fingerprint density at radius 2 is 1.42 bits per heavy atom. The number of aryl methyl sites for hydroxylation is 2. The second kappa shape index (κ2) is 16.9. The highest BCUT2D eigenvalue weighted by Gasteiger charge is 2.65. The number of ether oxygens (including phenoxy) is 3. The van der Waals surface area contributed by atoms with Gasteiger partial charge >= 0.3 is 18.2 Å². The number of hydrogen-bond donors (Lipinski definition) is 2. The molecule has 2 aromatic carbocycles. The maximum atomic E-state index is 13.9. The summed E-state index contributed by atoms with van der Waals surface area (Å²) in [6, 6.07) is 16.1. The number of esters is 1. The number of hydrogen-bond acceptors (Lipinski definition) is 12. The SMILES string of the molecule is COC(=O)CC[C@@H](C)[C@H]1CC[C@H]2[C@@H]3CC[C@@H]4C[C@H](OC(=O)Nc5nnc(-c6cccc(C)c6)s5)CC[C@]4(C)[C@H]3C[C@H](OC(=O)Nc3nnc(-c4cccc(C)c4)s3)[C@]12C. The monoisotopic (exact) mass is 840 g/mol. The first-order valence-corrected chi connectivity index (χ1v) is 22.8. The Morgan fingerprint density at radius 1 is 0.797 bits per heavy atom. The molecule has 4 saturated carbocycles. The van der Waals surface area contributed by atoms with E-state index in [9.17, 15) is 14.4 Å². The van der Waals surface area contributed by atoms with Crippen LogP contribution >= 0.6 is 22.7 Å². The van der Waals surface area contributed by atoms with Crippen LogP contribution in [0.5, 0.6) is 0 Å². The third-order valence-corrected chi connectivity index (χ3v) is 16.6. The van der Waals surface area contributed by atoms with E-state index >= 15 is 0 Å². The molecule has 4 fully saturated rings. The van der Waals surface area contributed by atoms with Crippen molar-refractivity contribution in [2.24, 2.45) is 46.3 Å². The van der Waals surface area contributed by atoms with Crippen LogP contribution < -0.4 is 10.6 Å². The van der Waals surface area contributed by atoms with E-state index in [-0.39, 0.29) is 34.9 Å². The van der Waals surface area contributed by atoms with Crippen molar-refractivity contribution in [3.63, 3.8) is 0 Å². The number of fused-ring (bicyclic) bond motifs is 5. The molecule has 0 bridgehead atoms. The molecule has 2 heterocycles. The van der Waals surface area contributed by atoms with Gasteiger partial charge in [-0.1, -0.05) is 91.0 Å². The number of nitrogens with zero attached hydrogens (tertiary/aromatic N) is 4. The van der Waals surface area contributed by atoms with Crippen molar-refractivity contribution in [3.05, 3.63) is 59.7 Å². The summed E-state index contributed by atoms with van der Waals surface area (Å²) in [4.78, 5) is 39.3. The van der Waals surface area contributed by atoms with Gasteiger partial charge in [0.2, 0.25) is 10.3 Å². The first-order chi connectivity index (χ1) is 28.3. The molecule has 14 heteroatoms. The van der Waals surface area contributed by atoms with E-state index < -0.39 is 12.2 Å². The summed E-state index contributed by atoms with van der Waals surface area (Å²) in [6.07, 6.45) is 7.18. The second-order valence-corrected chi connectivity index (χ2v) is 20.0. The number of carbonyl (C=O) groups excluding carboxylic acids is 3. The maximum absolute atomic E-state index is 13.9. The van der Waals surface area contributed by atoms with Crippen molar-refractivity contribution < 1.29 is 28.6 Å². The van der Waals surface area contributed by atoms with Gasteiger partial charge in [-0.05, 0) is 125 Å². The molecule has 4 aromatic rings. The van der Waals surface area contributed by atoms with Gasteiger partial charge in [0.25, 0.3) is 0 Å². The molecule has 4 aliphatic rings. The summed E-state index contributed by atoms with van der Waals surface area (Å²) in [5, 5.41) is 25.2. The number of amides is 2. The Kier molecular flexibility index (Phi) is 11.8. The van der Waals surface area contributed by atoms with Crippen molar-refractivity contribution in [2.75, 3.05) is 17.7 Å². The lowest BCUT2D eigenvalue weighted by Gasteiger charge is -2.62. The lowest BCUT2D eigenvalue weighted by Crippen LogP contribution is -2.60. The Balaban J connectivity index is 0.968. The van der Waals surface area contributed by atoms with Crippen molar-refractivity contribution in [1.82, 2.24) is 20.4 Å².